The summed E-state index contributed by atoms with van der Waals surface area (Å²) in [5.74, 6) is 0.638. The van der Waals surface area contributed by atoms with Gasteiger partial charge < -0.3 is 4.42 Å². The normalized spacial score (nSPS) is 11.8. The molecule has 0 aliphatic heterocycles. The monoisotopic (exact) mass is 515 g/mol. The first-order valence-corrected chi connectivity index (χ1v) is 13.5. The number of fused-ring (bicyclic) bond motifs is 7. The van der Waals surface area contributed by atoms with Crippen molar-refractivity contribution < 1.29 is 4.42 Å². The average Bonchev–Trinajstić information content (AvgIpc) is 3.52. The molecule has 0 bridgehead atoms. The molecule has 0 N–H and O–H groups in total. The van der Waals surface area contributed by atoms with Crippen molar-refractivity contribution in [3.8, 4) is 28.5 Å². The van der Waals surface area contributed by atoms with Crippen LogP contribution in [0.25, 0.3) is 72.2 Å². The summed E-state index contributed by atoms with van der Waals surface area (Å²) < 4.78 is 8.58. The van der Waals surface area contributed by atoms with Crippen LogP contribution < -0.4 is 0 Å². The van der Waals surface area contributed by atoms with E-state index in [1.165, 1.54) is 16.5 Å². The summed E-state index contributed by atoms with van der Waals surface area (Å²) in [6.07, 6.45) is 0. The minimum Gasteiger partial charge on any atom is -0.456 e. The van der Waals surface area contributed by atoms with E-state index < -0.39 is 0 Å². The largest absolute Gasteiger partial charge is 0.456 e. The Hall–Kier alpha value is -5.22. The van der Waals surface area contributed by atoms with E-state index in [0.717, 1.165) is 60.9 Å². The summed E-state index contributed by atoms with van der Waals surface area (Å²) in [6, 6.07) is 40.0. The summed E-state index contributed by atoms with van der Waals surface area (Å²) in [7, 11) is 0. The molecule has 0 aliphatic carbocycles. The highest BCUT2D eigenvalue weighted by atomic mass is 16.3. The molecular formula is C36H25N3O. The zero-order valence-corrected chi connectivity index (χ0v) is 22.2. The maximum atomic E-state index is 6.36. The van der Waals surface area contributed by atoms with E-state index in [1.807, 2.05) is 36.4 Å². The molecule has 0 amide bonds. The molecule has 8 rings (SSSR count). The van der Waals surface area contributed by atoms with Crippen molar-refractivity contribution in [3.63, 3.8) is 0 Å². The fraction of sp³-hybridized carbons (Fsp3) is 0.0556. The van der Waals surface area contributed by atoms with Crippen LogP contribution in [0.2, 0.25) is 0 Å². The average molecular weight is 516 g/mol. The van der Waals surface area contributed by atoms with Crippen LogP contribution in [0.15, 0.2) is 120 Å². The van der Waals surface area contributed by atoms with Crippen molar-refractivity contribution >= 4 is 43.7 Å². The highest BCUT2D eigenvalue weighted by Crippen LogP contribution is 2.41. The van der Waals surface area contributed by atoms with Gasteiger partial charge in [-0.1, -0.05) is 83.9 Å². The molecule has 190 valence electrons. The zero-order valence-electron chi connectivity index (χ0n) is 22.2. The van der Waals surface area contributed by atoms with Crippen LogP contribution in [0.5, 0.6) is 0 Å². The van der Waals surface area contributed by atoms with Crippen LogP contribution in [0.1, 0.15) is 11.1 Å². The third-order valence-corrected chi connectivity index (χ3v) is 7.72. The van der Waals surface area contributed by atoms with Crippen LogP contribution in [-0.2, 0) is 0 Å². The predicted octanol–water partition coefficient (Wildman–Crippen LogP) is 9.42. The molecule has 0 radical (unpaired) electrons. The van der Waals surface area contributed by atoms with Crippen molar-refractivity contribution in [2.45, 2.75) is 13.8 Å². The van der Waals surface area contributed by atoms with Gasteiger partial charge in [-0.25, -0.2) is 9.97 Å². The molecule has 3 heterocycles. The lowest BCUT2D eigenvalue weighted by atomic mass is 10.1. The van der Waals surface area contributed by atoms with E-state index in [1.54, 1.807) is 0 Å². The van der Waals surface area contributed by atoms with Gasteiger partial charge in [0.2, 0.25) is 5.95 Å². The molecule has 3 aromatic heterocycles. The number of aryl methyl sites for hydroxylation is 2. The third kappa shape index (κ3) is 3.46. The molecule has 0 saturated heterocycles. The highest BCUT2D eigenvalue weighted by molar-refractivity contribution is 6.24. The Labute approximate surface area is 231 Å². The van der Waals surface area contributed by atoms with Gasteiger partial charge in [-0.05, 0) is 56.3 Å². The molecule has 0 spiro atoms. The lowest BCUT2D eigenvalue weighted by Crippen LogP contribution is -2.04. The maximum Gasteiger partial charge on any atom is 0.235 e. The van der Waals surface area contributed by atoms with Crippen LogP contribution in [0.4, 0.5) is 0 Å². The van der Waals surface area contributed by atoms with E-state index in [2.05, 4.69) is 97.3 Å². The van der Waals surface area contributed by atoms with Crippen LogP contribution in [0, 0.1) is 13.8 Å². The van der Waals surface area contributed by atoms with Crippen molar-refractivity contribution in [2.75, 3.05) is 0 Å². The summed E-state index contributed by atoms with van der Waals surface area (Å²) in [6.45, 7) is 4.26. The van der Waals surface area contributed by atoms with Gasteiger partial charge >= 0.3 is 0 Å². The van der Waals surface area contributed by atoms with Gasteiger partial charge in [-0.15, -0.1) is 0 Å². The van der Waals surface area contributed by atoms with E-state index in [0.29, 0.717) is 5.95 Å². The van der Waals surface area contributed by atoms with Crippen molar-refractivity contribution in [1.29, 1.82) is 0 Å². The molecular weight excluding hydrogens is 490 g/mol. The molecule has 0 fully saturated rings. The fourth-order valence-electron chi connectivity index (χ4n) is 5.85. The summed E-state index contributed by atoms with van der Waals surface area (Å²) in [5.41, 5.74) is 10.1. The highest BCUT2D eigenvalue weighted by Gasteiger charge is 2.21. The molecule has 5 aromatic carbocycles. The smallest absolute Gasteiger partial charge is 0.235 e. The Morgan fingerprint density at radius 1 is 0.550 bits per heavy atom. The minimum atomic E-state index is 0.638. The molecule has 0 atom stereocenters. The minimum absolute atomic E-state index is 0.638. The van der Waals surface area contributed by atoms with Crippen LogP contribution >= 0.6 is 0 Å². The molecule has 0 saturated carbocycles. The van der Waals surface area contributed by atoms with E-state index in [-0.39, 0.29) is 0 Å². The Bertz CT molecular complexity index is 2170. The Kier molecular flexibility index (Phi) is 4.92. The second-order valence-electron chi connectivity index (χ2n) is 10.5. The zero-order chi connectivity index (χ0) is 26.8. The van der Waals surface area contributed by atoms with E-state index in [9.17, 15) is 0 Å². The molecule has 4 heteroatoms. The number of hydrogen-bond donors (Lipinski definition) is 0. The Balaban J connectivity index is 1.55. The van der Waals surface area contributed by atoms with Gasteiger partial charge in [0.15, 0.2) is 0 Å². The molecule has 0 aliphatic rings. The van der Waals surface area contributed by atoms with E-state index in [4.69, 9.17) is 14.4 Å². The standard InChI is InChI=1S/C36H25N3O/c1-22-13-16-31-27(19-22)26-15-18-33-34(28-20-23(2)14-17-32(28)40-33)35(26)39(31)36-37-29(24-9-5-3-6-10-24)21-30(38-36)25-11-7-4-8-12-25/h3-21H,1-2H3. The summed E-state index contributed by atoms with van der Waals surface area (Å²) in [5, 5.41) is 4.52. The van der Waals surface area contributed by atoms with Gasteiger partial charge in [0.1, 0.15) is 11.2 Å². The number of hydrogen-bond acceptors (Lipinski definition) is 3. The maximum absolute atomic E-state index is 6.36. The van der Waals surface area contributed by atoms with Gasteiger partial charge in [-0.2, -0.15) is 0 Å². The Morgan fingerprint density at radius 2 is 1.15 bits per heavy atom. The summed E-state index contributed by atoms with van der Waals surface area (Å²) in [4.78, 5) is 10.4. The van der Waals surface area contributed by atoms with Crippen molar-refractivity contribution in [1.82, 2.24) is 14.5 Å². The summed E-state index contributed by atoms with van der Waals surface area (Å²) >= 11 is 0. The number of rotatable bonds is 3. The fourth-order valence-corrected chi connectivity index (χ4v) is 5.85. The van der Waals surface area contributed by atoms with Crippen LogP contribution in [0.3, 0.4) is 0 Å². The number of aromatic nitrogens is 3. The third-order valence-electron chi connectivity index (χ3n) is 7.72. The van der Waals surface area contributed by atoms with Crippen LogP contribution in [-0.4, -0.2) is 14.5 Å². The predicted molar refractivity (Wildman–Crippen MR) is 164 cm³/mol. The van der Waals surface area contributed by atoms with Gasteiger partial charge in [0.05, 0.1) is 27.8 Å². The second-order valence-corrected chi connectivity index (χ2v) is 10.5. The molecule has 4 nitrogen and oxygen atoms in total. The van der Waals surface area contributed by atoms with E-state index >= 15 is 0 Å². The molecule has 40 heavy (non-hydrogen) atoms. The molecule has 8 aromatic rings. The second kappa shape index (κ2) is 8.65. The van der Waals surface area contributed by atoms with Crippen molar-refractivity contribution in [2.24, 2.45) is 0 Å². The SMILES string of the molecule is Cc1ccc2oc3ccc4c5cc(C)ccc5n(-c5nc(-c6ccccc6)cc(-c6ccccc6)n5)c4c3c2c1. The first-order valence-electron chi connectivity index (χ1n) is 13.5. The Morgan fingerprint density at radius 3 is 1.82 bits per heavy atom. The molecule has 0 unspecified atom stereocenters. The topological polar surface area (TPSA) is 43.9 Å². The number of nitrogens with zero attached hydrogens (tertiary/aromatic N) is 3. The first-order chi connectivity index (χ1) is 19.6. The lowest BCUT2D eigenvalue weighted by Gasteiger charge is -2.12. The lowest BCUT2D eigenvalue weighted by molar-refractivity contribution is 0.669. The van der Waals surface area contributed by atoms with Gasteiger partial charge in [-0.3, -0.25) is 4.57 Å². The number of furan rings is 1. The van der Waals surface area contributed by atoms with Gasteiger partial charge in [0, 0.05) is 27.3 Å². The number of benzene rings is 5. The quantitative estimate of drug-likeness (QED) is 0.235. The first kappa shape index (κ1) is 22.7. The van der Waals surface area contributed by atoms with Gasteiger partial charge in [0.25, 0.3) is 0 Å². The van der Waals surface area contributed by atoms with Crippen molar-refractivity contribution in [3.05, 3.63) is 126 Å².